The number of primary sulfonamides is 1. The highest BCUT2D eigenvalue weighted by Gasteiger charge is 2.16. The van der Waals surface area contributed by atoms with Gasteiger partial charge in [-0.05, 0) is 12.1 Å². The van der Waals surface area contributed by atoms with E-state index in [9.17, 15) is 8.42 Å². The third kappa shape index (κ3) is 2.04. The standard InChI is InChI=1S/C8H7N3O2S2/c9-15(12,13)7-2-1-3-10-8(7)6-4-14-5-11-6/h1-5H,(H2,9,12,13). The molecule has 0 saturated carbocycles. The van der Waals surface area contributed by atoms with Crippen LogP contribution in [0.3, 0.4) is 0 Å². The number of aromatic nitrogens is 2. The molecule has 0 aromatic carbocycles. The van der Waals surface area contributed by atoms with Crippen LogP contribution in [0.2, 0.25) is 0 Å². The number of nitrogens with two attached hydrogens (primary N) is 1. The predicted molar refractivity (Wildman–Crippen MR) is 56.7 cm³/mol. The quantitative estimate of drug-likeness (QED) is 0.844. The van der Waals surface area contributed by atoms with Gasteiger partial charge in [-0.1, -0.05) is 0 Å². The first-order chi connectivity index (χ1) is 7.09. The van der Waals surface area contributed by atoms with Crippen molar-refractivity contribution in [1.82, 2.24) is 9.97 Å². The lowest BCUT2D eigenvalue weighted by Gasteiger charge is -2.02. The summed E-state index contributed by atoms with van der Waals surface area (Å²) in [6, 6.07) is 2.94. The molecule has 0 atom stereocenters. The summed E-state index contributed by atoms with van der Waals surface area (Å²) in [4.78, 5) is 7.97. The van der Waals surface area contributed by atoms with Gasteiger partial charge in [0.15, 0.2) is 0 Å². The van der Waals surface area contributed by atoms with Gasteiger partial charge in [0.2, 0.25) is 10.0 Å². The minimum absolute atomic E-state index is 0.00380. The van der Waals surface area contributed by atoms with Crippen LogP contribution >= 0.6 is 11.3 Å². The van der Waals surface area contributed by atoms with Gasteiger partial charge in [-0.2, -0.15) is 0 Å². The van der Waals surface area contributed by atoms with Crippen LogP contribution in [0.25, 0.3) is 11.4 Å². The molecule has 0 aliphatic heterocycles. The van der Waals surface area contributed by atoms with E-state index >= 15 is 0 Å². The third-order valence-corrected chi connectivity index (χ3v) is 3.28. The lowest BCUT2D eigenvalue weighted by Crippen LogP contribution is -2.14. The Morgan fingerprint density at radius 3 is 2.73 bits per heavy atom. The maximum absolute atomic E-state index is 11.3. The molecule has 2 heterocycles. The first-order valence-electron chi connectivity index (χ1n) is 3.95. The van der Waals surface area contributed by atoms with Crippen LogP contribution < -0.4 is 5.14 Å². The zero-order valence-electron chi connectivity index (χ0n) is 7.49. The van der Waals surface area contributed by atoms with Gasteiger partial charge in [0.05, 0.1) is 5.51 Å². The summed E-state index contributed by atoms with van der Waals surface area (Å²) in [5, 5.41) is 6.79. The molecule has 2 rings (SSSR count). The summed E-state index contributed by atoms with van der Waals surface area (Å²) < 4.78 is 22.5. The van der Waals surface area contributed by atoms with Crippen molar-refractivity contribution in [1.29, 1.82) is 0 Å². The van der Waals surface area contributed by atoms with Gasteiger partial charge in [0.1, 0.15) is 16.3 Å². The second-order valence-corrected chi connectivity index (χ2v) is 5.02. The Morgan fingerprint density at radius 2 is 2.13 bits per heavy atom. The first kappa shape index (κ1) is 10.2. The van der Waals surface area contributed by atoms with Crippen molar-refractivity contribution in [3.63, 3.8) is 0 Å². The normalized spacial score (nSPS) is 11.5. The van der Waals surface area contributed by atoms with Crippen molar-refractivity contribution in [3.05, 3.63) is 29.2 Å². The molecule has 0 amide bonds. The van der Waals surface area contributed by atoms with E-state index in [2.05, 4.69) is 9.97 Å². The maximum atomic E-state index is 11.3. The van der Waals surface area contributed by atoms with Crippen molar-refractivity contribution in [2.24, 2.45) is 5.14 Å². The van der Waals surface area contributed by atoms with Gasteiger partial charge >= 0.3 is 0 Å². The van der Waals surface area contributed by atoms with E-state index in [-0.39, 0.29) is 4.90 Å². The molecule has 5 nitrogen and oxygen atoms in total. The van der Waals surface area contributed by atoms with Crippen molar-refractivity contribution in [2.45, 2.75) is 4.90 Å². The Balaban J connectivity index is 2.68. The average molecular weight is 241 g/mol. The Morgan fingerprint density at radius 1 is 1.33 bits per heavy atom. The highest BCUT2D eigenvalue weighted by Crippen LogP contribution is 2.23. The van der Waals surface area contributed by atoms with Gasteiger partial charge in [-0.25, -0.2) is 18.5 Å². The van der Waals surface area contributed by atoms with Crippen molar-refractivity contribution < 1.29 is 8.42 Å². The molecular weight excluding hydrogens is 234 g/mol. The summed E-state index contributed by atoms with van der Waals surface area (Å²) in [6.07, 6.45) is 1.50. The predicted octanol–water partition coefficient (Wildman–Crippen LogP) is 0.853. The molecule has 0 aliphatic rings. The Labute approximate surface area is 90.7 Å². The molecule has 2 N–H and O–H groups in total. The molecule has 78 valence electrons. The fourth-order valence-corrected chi connectivity index (χ4v) is 2.37. The van der Waals surface area contributed by atoms with E-state index in [0.29, 0.717) is 11.4 Å². The van der Waals surface area contributed by atoms with Gasteiger partial charge in [0, 0.05) is 11.6 Å². The summed E-state index contributed by atoms with van der Waals surface area (Å²) in [5.41, 5.74) is 2.42. The number of pyridine rings is 1. The minimum Gasteiger partial charge on any atom is -0.253 e. The molecule has 0 spiro atoms. The largest absolute Gasteiger partial charge is 0.253 e. The third-order valence-electron chi connectivity index (χ3n) is 1.75. The van der Waals surface area contributed by atoms with Crippen LogP contribution in [-0.4, -0.2) is 18.4 Å². The maximum Gasteiger partial charge on any atom is 0.240 e. The molecule has 2 aromatic heterocycles. The molecule has 0 saturated heterocycles. The number of rotatable bonds is 2. The van der Waals surface area contributed by atoms with E-state index in [4.69, 9.17) is 5.14 Å². The van der Waals surface area contributed by atoms with Gasteiger partial charge < -0.3 is 0 Å². The molecular formula is C8H7N3O2S2. The number of thiazole rings is 1. The van der Waals surface area contributed by atoms with Gasteiger partial charge in [0.25, 0.3) is 0 Å². The summed E-state index contributed by atoms with van der Waals surface area (Å²) >= 11 is 1.37. The number of hydrogen-bond donors (Lipinski definition) is 1. The number of nitrogens with zero attached hydrogens (tertiary/aromatic N) is 2. The molecule has 0 radical (unpaired) electrons. The molecule has 0 bridgehead atoms. The van der Waals surface area contributed by atoms with E-state index < -0.39 is 10.0 Å². The molecule has 2 aromatic rings. The topological polar surface area (TPSA) is 85.9 Å². The Kier molecular flexibility index (Phi) is 2.51. The number of sulfonamides is 1. The van der Waals surface area contributed by atoms with Crippen molar-refractivity contribution in [2.75, 3.05) is 0 Å². The molecule has 7 heteroatoms. The van der Waals surface area contributed by atoms with Crippen LogP contribution in [0.15, 0.2) is 34.1 Å². The zero-order chi connectivity index (χ0) is 10.9. The van der Waals surface area contributed by atoms with Crippen molar-refractivity contribution in [3.8, 4) is 11.4 Å². The number of hydrogen-bond acceptors (Lipinski definition) is 5. The SMILES string of the molecule is NS(=O)(=O)c1cccnc1-c1cscn1. The zero-order valence-corrected chi connectivity index (χ0v) is 9.12. The van der Waals surface area contributed by atoms with E-state index in [0.717, 1.165) is 0 Å². The van der Waals surface area contributed by atoms with E-state index in [1.807, 2.05) is 0 Å². The van der Waals surface area contributed by atoms with Crippen LogP contribution in [-0.2, 0) is 10.0 Å². The van der Waals surface area contributed by atoms with Gasteiger partial charge in [-0.3, -0.25) is 4.98 Å². The summed E-state index contributed by atoms with van der Waals surface area (Å²) in [7, 11) is -3.76. The van der Waals surface area contributed by atoms with E-state index in [1.165, 1.54) is 29.7 Å². The van der Waals surface area contributed by atoms with Crippen LogP contribution in [0.1, 0.15) is 0 Å². The summed E-state index contributed by atoms with van der Waals surface area (Å²) in [6.45, 7) is 0. The molecule has 0 fully saturated rings. The van der Waals surface area contributed by atoms with Crippen LogP contribution in [0, 0.1) is 0 Å². The second kappa shape index (κ2) is 3.69. The summed E-state index contributed by atoms with van der Waals surface area (Å²) in [5.74, 6) is 0. The monoisotopic (exact) mass is 241 g/mol. The average Bonchev–Trinajstić information content (AvgIpc) is 2.69. The van der Waals surface area contributed by atoms with Gasteiger partial charge in [-0.15, -0.1) is 11.3 Å². The fraction of sp³-hybridized carbons (Fsp3) is 0. The van der Waals surface area contributed by atoms with E-state index in [1.54, 1.807) is 10.9 Å². The first-order valence-corrected chi connectivity index (χ1v) is 6.44. The molecule has 0 aliphatic carbocycles. The van der Waals surface area contributed by atoms with Crippen LogP contribution in [0.5, 0.6) is 0 Å². The lowest BCUT2D eigenvalue weighted by molar-refractivity contribution is 0.597. The smallest absolute Gasteiger partial charge is 0.240 e. The molecule has 15 heavy (non-hydrogen) atoms. The Bertz CT molecular complexity index is 563. The van der Waals surface area contributed by atoms with Crippen LogP contribution in [0.4, 0.5) is 0 Å². The Hall–Kier alpha value is -1.31. The molecule has 0 unspecified atom stereocenters. The highest BCUT2D eigenvalue weighted by molar-refractivity contribution is 7.89. The lowest BCUT2D eigenvalue weighted by atomic mass is 10.3. The minimum atomic E-state index is -3.76. The highest BCUT2D eigenvalue weighted by atomic mass is 32.2. The second-order valence-electron chi connectivity index (χ2n) is 2.77. The van der Waals surface area contributed by atoms with Crippen molar-refractivity contribution >= 4 is 21.4 Å². The fourth-order valence-electron chi connectivity index (χ4n) is 1.14.